The van der Waals surface area contributed by atoms with Crippen molar-refractivity contribution in [1.29, 1.82) is 0 Å². The van der Waals surface area contributed by atoms with Crippen molar-refractivity contribution in [3.63, 3.8) is 0 Å². The molecule has 122 valence electrons. The van der Waals surface area contributed by atoms with Gasteiger partial charge in [-0.1, -0.05) is 6.07 Å². The molecule has 0 atom stereocenters. The lowest BCUT2D eigenvalue weighted by atomic mass is 10.1. The lowest BCUT2D eigenvalue weighted by Gasteiger charge is -2.31. The van der Waals surface area contributed by atoms with Crippen molar-refractivity contribution >= 4 is 17.6 Å². The molecule has 1 aliphatic heterocycles. The summed E-state index contributed by atoms with van der Waals surface area (Å²) in [6.07, 6.45) is 7.32. The van der Waals surface area contributed by atoms with Crippen molar-refractivity contribution in [2.24, 2.45) is 0 Å². The zero-order valence-electron chi connectivity index (χ0n) is 13.3. The first-order valence-electron chi connectivity index (χ1n) is 8.19. The van der Waals surface area contributed by atoms with Gasteiger partial charge in [-0.2, -0.15) is 0 Å². The van der Waals surface area contributed by atoms with Crippen LogP contribution in [0.25, 0.3) is 0 Å². The predicted molar refractivity (Wildman–Crippen MR) is 88.3 cm³/mol. The lowest BCUT2D eigenvalue weighted by Crippen LogP contribution is -2.41. The van der Waals surface area contributed by atoms with Gasteiger partial charge in [-0.25, -0.2) is 4.98 Å². The highest BCUT2D eigenvalue weighted by Crippen LogP contribution is 2.32. The number of hydrogen-bond donors (Lipinski definition) is 0. The summed E-state index contributed by atoms with van der Waals surface area (Å²) >= 11 is 0. The van der Waals surface area contributed by atoms with Gasteiger partial charge in [0.05, 0.1) is 5.56 Å². The van der Waals surface area contributed by atoms with Crippen LogP contribution >= 0.6 is 0 Å². The number of fused-ring (bicyclic) bond motifs is 1. The Morgan fingerprint density at radius 1 is 1.17 bits per heavy atom. The molecule has 0 radical (unpaired) electrons. The van der Waals surface area contributed by atoms with Gasteiger partial charge in [0, 0.05) is 49.7 Å². The fraction of sp³-hybridized carbons (Fsp3) is 0.333. The van der Waals surface area contributed by atoms with E-state index in [1.54, 1.807) is 35.6 Å². The minimum Gasteiger partial charge on any atom is -0.335 e. The van der Waals surface area contributed by atoms with Crippen LogP contribution in [-0.4, -0.2) is 39.3 Å². The Kier molecular flexibility index (Phi) is 3.72. The molecular formula is C18H18N4O2. The molecule has 2 amide bonds. The molecule has 0 unspecified atom stereocenters. The Labute approximate surface area is 140 Å². The topological polar surface area (TPSA) is 66.4 Å². The number of carbonyl (C=O) groups is 2. The number of pyridine rings is 2. The van der Waals surface area contributed by atoms with Crippen LogP contribution in [0.15, 0.2) is 42.9 Å². The Balaban J connectivity index is 1.71. The zero-order chi connectivity index (χ0) is 16.5. The van der Waals surface area contributed by atoms with Gasteiger partial charge < -0.3 is 4.90 Å². The fourth-order valence-electron chi connectivity index (χ4n) is 3.09. The van der Waals surface area contributed by atoms with Gasteiger partial charge in [0.2, 0.25) is 5.91 Å². The monoisotopic (exact) mass is 322 g/mol. The Bertz CT molecular complexity index is 774. The number of anilines is 1. The van der Waals surface area contributed by atoms with Gasteiger partial charge in [0.15, 0.2) is 0 Å². The van der Waals surface area contributed by atoms with E-state index in [9.17, 15) is 9.59 Å². The summed E-state index contributed by atoms with van der Waals surface area (Å²) in [6.45, 7) is 0.850. The molecule has 0 bridgehead atoms. The van der Waals surface area contributed by atoms with E-state index in [1.165, 1.54) is 0 Å². The maximum absolute atomic E-state index is 12.9. The highest BCUT2D eigenvalue weighted by atomic mass is 16.2. The van der Waals surface area contributed by atoms with E-state index in [0.29, 0.717) is 36.9 Å². The Morgan fingerprint density at radius 3 is 2.75 bits per heavy atom. The number of hydrogen-bond acceptors (Lipinski definition) is 4. The first kappa shape index (κ1) is 14.8. The van der Waals surface area contributed by atoms with Crippen molar-refractivity contribution < 1.29 is 9.59 Å². The molecule has 1 aliphatic carbocycles. The molecule has 4 rings (SSSR count). The Hall–Kier alpha value is -2.76. The molecule has 3 heterocycles. The zero-order valence-corrected chi connectivity index (χ0v) is 13.3. The second-order valence-corrected chi connectivity index (χ2v) is 6.19. The van der Waals surface area contributed by atoms with Gasteiger partial charge in [-0.15, -0.1) is 0 Å². The van der Waals surface area contributed by atoms with Crippen molar-refractivity contribution in [3.05, 3.63) is 54.0 Å². The van der Waals surface area contributed by atoms with Crippen LogP contribution in [0.3, 0.4) is 0 Å². The number of amides is 2. The first-order chi connectivity index (χ1) is 11.7. The standard InChI is InChI=1S/C18H18N4O2/c23-16-7-10-21(18(24)13-3-1-8-19-11-13)17-14(4-2-9-20-17)12-22(16)15-5-6-15/h1-4,8-9,11,15H,5-7,10,12H2. The van der Waals surface area contributed by atoms with E-state index < -0.39 is 0 Å². The molecule has 0 spiro atoms. The van der Waals surface area contributed by atoms with Crippen LogP contribution in [0, 0.1) is 0 Å². The summed E-state index contributed by atoms with van der Waals surface area (Å²) < 4.78 is 0. The normalized spacial score (nSPS) is 17.9. The number of carbonyl (C=O) groups excluding carboxylic acids is 2. The van der Waals surface area contributed by atoms with Gasteiger partial charge in [0.1, 0.15) is 5.82 Å². The van der Waals surface area contributed by atoms with Crippen molar-refractivity contribution in [2.45, 2.75) is 31.8 Å². The third-order valence-corrected chi connectivity index (χ3v) is 4.47. The van der Waals surface area contributed by atoms with E-state index in [1.807, 2.05) is 17.0 Å². The second kappa shape index (κ2) is 6.03. The summed E-state index contributed by atoms with van der Waals surface area (Å²) in [7, 11) is 0. The number of rotatable bonds is 2. The van der Waals surface area contributed by atoms with Crippen LogP contribution in [0.2, 0.25) is 0 Å². The smallest absolute Gasteiger partial charge is 0.261 e. The van der Waals surface area contributed by atoms with Crippen LogP contribution in [0.5, 0.6) is 0 Å². The maximum atomic E-state index is 12.9. The van der Waals surface area contributed by atoms with E-state index in [-0.39, 0.29) is 11.8 Å². The van der Waals surface area contributed by atoms with Gasteiger partial charge in [-0.3, -0.25) is 19.5 Å². The lowest BCUT2D eigenvalue weighted by molar-refractivity contribution is -0.132. The van der Waals surface area contributed by atoms with Crippen LogP contribution < -0.4 is 4.90 Å². The SMILES string of the molecule is O=C(c1cccnc1)N1CCC(=O)N(C2CC2)Cc2cccnc21. The molecule has 1 fully saturated rings. The highest BCUT2D eigenvalue weighted by molar-refractivity contribution is 6.06. The summed E-state index contributed by atoms with van der Waals surface area (Å²) in [6, 6.07) is 7.61. The largest absolute Gasteiger partial charge is 0.335 e. The molecule has 0 aromatic carbocycles. The van der Waals surface area contributed by atoms with Crippen LogP contribution in [0.1, 0.15) is 35.2 Å². The maximum Gasteiger partial charge on any atom is 0.261 e. The van der Waals surface area contributed by atoms with E-state index in [4.69, 9.17) is 0 Å². The number of nitrogens with zero attached hydrogens (tertiary/aromatic N) is 4. The first-order valence-corrected chi connectivity index (χ1v) is 8.19. The van der Waals surface area contributed by atoms with Gasteiger partial charge >= 0.3 is 0 Å². The molecule has 24 heavy (non-hydrogen) atoms. The molecule has 0 N–H and O–H groups in total. The Morgan fingerprint density at radius 2 is 2.00 bits per heavy atom. The van der Waals surface area contributed by atoms with E-state index in [2.05, 4.69) is 9.97 Å². The van der Waals surface area contributed by atoms with Crippen molar-refractivity contribution in [1.82, 2.24) is 14.9 Å². The molecule has 2 aliphatic rings. The average Bonchev–Trinajstić information content (AvgIpc) is 3.44. The second-order valence-electron chi connectivity index (χ2n) is 6.19. The van der Waals surface area contributed by atoms with Crippen molar-refractivity contribution in [3.8, 4) is 0 Å². The molecular weight excluding hydrogens is 304 g/mol. The summed E-state index contributed by atoms with van der Waals surface area (Å²) in [5.74, 6) is 0.580. The fourth-order valence-corrected chi connectivity index (χ4v) is 3.09. The van der Waals surface area contributed by atoms with Gasteiger partial charge in [-0.05, 0) is 31.0 Å². The molecule has 2 aromatic heterocycles. The van der Waals surface area contributed by atoms with Crippen molar-refractivity contribution in [2.75, 3.05) is 11.4 Å². The third kappa shape index (κ3) is 2.75. The highest BCUT2D eigenvalue weighted by Gasteiger charge is 2.35. The summed E-state index contributed by atoms with van der Waals surface area (Å²) in [5.41, 5.74) is 1.41. The third-order valence-electron chi connectivity index (χ3n) is 4.47. The van der Waals surface area contributed by atoms with Crippen LogP contribution in [-0.2, 0) is 11.3 Å². The van der Waals surface area contributed by atoms with Gasteiger partial charge in [0.25, 0.3) is 5.91 Å². The summed E-state index contributed by atoms with van der Waals surface area (Å²) in [5, 5.41) is 0. The molecule has 6 heteroatoms. The minimum atomic E-state index is -0.171. The number of aromatic nitrogens is 2. The van der Waals surface area contributed by atoms with E-state index in [0.717, 1.165) is 18.4 Å². The van der Waals surface area contributed by atoms with E-state index >= 15 is 0 Å². The molecule has 6 nitrogen and oxygen atoms in total. The minimum absolute atomic E-state index is 0.107. The molecule has 2 aromatic rings. The average molecular weight is 322 g/mol. The molecule has 0 saturated heterocycles. The summed E-state index contributed by atoms with van der Waals surface area (Å²) in [4.78, 5) is 37.4. The molecule has 1 saturated carbocycles. The quantitative estimate of drug-likeness (QED) is 0.848. The predicted octanol–water partition coefficient (Wildman–Crippen LogP) is 2.02. The van der Waals surface area contributed by atoms with Crippen LogP contribution in [0.4, 0.5) is 5.82 Å².